The van der Waals surface area contributed by atoms with E-state index < -0.39 is 29.3 Å². The Morgan fingerprint density at radius 1 is 1.43 bits per heavy atom. The fourth-order valence-electron chi connectivity index (χ4n) is 2.06. The molecule has 0 heterocycles. The second-order valence-corrected chi connectivity index (χ2v) is 3.98. The lowest BCUT2D eigenvalue weighted by Crippen LogP contribution is -2.49. The van der Waals surface area contributed by atoms with Crippen LogP contribution in [0.5, 0.6) is 0 Å². The molecule has 0 aromatic heterocycles. The number of carboxylic acids is 1. The predicted octanol–water partition coefficient (Wildman–Crippen LogP) is -0.276. The van der Waals surface area contributed by atoms with Gasteiger partial charge in [-0.05, 0) is 19.8 Å². The number of hydrogen-bond acceptors (Lipinski definition) is 3. The number of aliphatic hydroxyl groups is 1. The van der Waals surface area contributed by atoms with Crippen LogP contribution in [0.25, 0.3) is 0 Å². The summed E-state index contributed by atoms with van der Waals surface area (Å²) in [6, 6.07) is 0. The molecule has 1 saturated carbocycles. The summed E-state index contributed by atoms with van der Waals surface area (Å²) in [4.78, 5) is 22.1. The molecule has 1 aliphatic carbocycles. The zero-order valence-electron chi connectivity index (χ0n) is 8.06. The minimum atomic E-state index is -1.64. The van der Waals surface area contributed by atoms with Crippen molar-refractivity contribution in [3.05, 3.63) is 0 Å². The van der Waals surface area contributed by atoms with Crippen molar-refractivity contribution in [2.75, 3.05) is 0 Å². The van der Waals surface area contributed by atoms with Crippen LogP contribution in [0, 0.1) is 11.3 Å². The van der Waals surface area contributed by atoms with Crippen LogP contribution in [0.2, 0.25) is 0 Å². The van der Waals surface area contributed by atoms with Gasteiger partial charge in [-0.25, -0.2) is 0 Å². The Bertz CT molecular complexity index is 250. The van der Waals surface area contributed by atoms with Gasteiger partial charge in [0.05, 0.1) is 6.10 Å². The van der Waals surface area contributed by atoms with Gasteiger partial charge in [-0.15, -0.1) is 0 Å². The number of rotatable bonds is 3. The maximum atomic E-state index is 11.1. The van der Waals surface area contributed by atoms with Gasteiger partial charge in [0.2, 0.25) is 5.91 Å². The third kappa shape index (κ3) is 1.48. The molecule has 14 heavy (non-hydrogen) atoms. The Kier molecular flexibility index (Phi) is 2.80. The van der Waals surface area contributed by atoms with Crippen LogP contribution in [-0.2, 0) is 9.59 Å². The molecule has 1 aliphatic rings. The molecule has 3 atom stereocenters. The molecule has 4 N–H and O–H groups in total. The molecular formula is C9H15NO4. The van der Waals surface area contributed by atoms with Gasteiger partial charge in [0, 0.05) is 5.92 Å². The van der Waals surface area contributed by atoms with Gasteiger partial charge in [-0.1, -0.05) is 6.42 Å². The number of nitrogens with two attached hydrogens (primary N) is 1. The fourth-order valence-corrected chi connectivity index (χ4v) is 2.06. The molecular weight excluding hydrogens is 186 g/mol. The molecule has 1 rings (SSSR count). The first kappa shape index (κ1) is 11.0. The van der Waals surface area contributed by atoms with Gasteiger partial charge in [0.1, 0.15) is 5.41 Å². The lowest BCUT2D eigenvalue weighted by molar-refractivity contribution is -0.160. The molecule has 0 radical (unpaired) electrons. The van der Waals surface area contributed by atoms with E-state index >= 15 is 0 Å². The van der Waals surface area contributed by atoms with E-state index in [1.165, 1.54) is 6.92 Å². The number of amides is 1. The first-order chi connectivity index (χ1) is 6.40. The molecule has 0 bridgehead atoms. The average molecular weight is 201 g/mol. The van der Waals surface area contributed by atoms with E-state index in [2.05, 4.69) is 0 Å². The van der Waals surface area contributed by atoms with Crippen molar-refractivity contribution in [2.45, 2.75) is 32.3 Å². The van der Waals surface area contributed by atoms with Crippen LogP contribution in [0.4, 0.5) is 0 Å². The molecule has 0 aromatic carbocycles. The molecule has 80 valence electrons. The molecule has 0 saturated heterocycles. The molecule has 0 aliphatic heterocycles. The molecule has 0 spiro atoms. The maximum absolute atomic E-state index is 11.1. The van der Waals surface area contributed by atoms with Crippen LogP contribution in [-0.4, -0.2) is 28.2 Å². The maximum Gasteiger partial charge on any atom is 0.319 e. The standard InChI is InChI=1S/C9H15NO4/c1-9(7(10)12,8(13)14)5-3-2-4-6(5)11/h5-6,11H,2-4H2,1H3,(H2,10,12)(H,13,14). The average Bonchev–Trinajstić information content (AvgIpc) is 2.49. The first-order valence-electron chi connectivity index (χ1n) is 4.62. The van der Waals surface area contributed by atoms with E-state index in [9.17, 15) is 14.7 Å². The van der Waals surface area contributed by atoms with Gasteiger partial charge < -0.3 is 15.9 Å². The highest BCUT2D eigenvalue weighted by Gasteiger charge is 2.51. The van der Waals surface area contributed by atoms with Gasteiger partial charge in [0.25, 0.3) is 0 Å². The summed E-state index contributed by atoms with van der Waals surface area (Å²) < 4.78 is 0. The molecule has 5 heteroatoms. The van der Waals surface area contributed by atoms with Crippen molar-refractivity contribution in [1.82, 2.24) is 0 Å². The summed E-state index contributed by atoms with van der Waals surface area (Å²) in [7, 11) is 0. The van der Waals surface area contributed by atoms with E-state index in [1.807, 2.05) is 0 Å². The van der Waals surface area contributed by atoms with E-state index in [0.717, 1.165) is 6.42 Å². The third-order valence-electron chi connectivity index (χ3n) is 3.18. The van der Waals surface area contributed by atoms with E-state index in [-0.39, 0.29) is 0 Å². The van der Waals surface area contributed by atoms with Crippen LogP contribution >= 0.6 is 0 Å². The summed E-state index contributed by atoms with van der Waals surface area (Å²) in [5, 5.41) is 18.5. The van der Waals surface area contributed by atoms with E-state index in [4.69, 9.17) is 10.8 Å². The number of aliphatic carboxylic acids is 1. The monoisotopic (exact) mass is 201 g/mol. The van der Waals surface area contributed by atoms with Crippen molar-refractivity contribution in [3.8, 4) is 0 Å². The number of hydrogen-bond donors (Lipinski definition) is 3. The van der Waals surface area contributed by atoms with E-state index in [1.54, 1.807) is 0 Å². The first-order valence-corrected chi connectivity index (χ1v) is 4.62. The van der Waals surface area contributed by atoms with Crippen molar-refractivity contribution in [3.63, 3.8) is 0 Å². The lowest BCUT2D eigenvalue weighted by atomic mass is 9.74. The summed E-state index contributed by atoms with van der Waals surface area (Å²) in [5.74, 6) is -2.69. The summed E-state index contributed by atoms with van der Waals surface area (Å²) >= 11 is 0. The number of carboxylic acid groups (broad SMARTS) is 1. The van der Waals surface area contributed by atoms with E-state index in [0.29, 0.717) is 12.8 Å². The fraction of sp³-hybridized carbons (Fsp3) is 0.778. The zero-order chi connectivity index (χ0) is 10.9. The molecule has 0 aromatic rings. The molecule has 1 fully saturated rings. The Hall–Kier alpha value is -1.10. The van der Waals surface area contributed by atoms with Gasteiger partial charge in [-0.2, -0.15) is 0 Å². The van der Waals surface area contributed by atoms with Crippen molar-refractivity contribution < 1.29 is 19.8 Å². The Morgan fingerprint density at radius 2 is 2.00 bits per heavy atom. The van der Waals surface area contributed by atoms with Crippen LogP contribution in [0.3, 0.4) is 0 Å². The molecule has 5 nitrogen and oxygen atoms in total. The SMILES string of the molecule is CC(C(N)=O)(C(=O)O)C1CCCC1O. The summed E-state index contributed by atoms with van der Waals surface area (Å²) in [6.07, 6.45) is 1.08. The molecule has 3 unspecified atom stereocenters. The third-order valence-corrected chi connectivity index (χ3v) is 3.18. The predicted molar refractivity (Wildman–Crippen MR) is 48.3 cm³/mol. The highest BCUT2D eigenvalue weighted by Crippen LogP contribution is 2.40. The van der Waals surface area contributed by atoms with Gasteiger partial charge in [0.15, 0.2) is 0 Å². The number of aliphatic hydroxyl groups excluding tert-OH is 1. The number of carbonyl (C=O) groups excluding carboxylic acids is 1. The normalized spacial score (nSPS) is 31.0. The highest BCUT2D eigenvalue weighted by molar-refractivity contribution is 6.01. The Labute approximate surface area is 81.9 Å². The molecule has 1 amide bonds. The topological polar surface area (TPSA) is 101 Å². The Balaban J connectivity index is 2.98. The van der Waals surface area contributed by atoms with Crippen LogP contribution in [0.15, 0.2) is 0 Å². The van der Waals surface area contributed by atoms with Gasteiger partial charge >= 0.3 is 5.97 Å². The number of primary amides is 1. The minimum Gasteiger partial charge on any atom is -0.480 e. The van der Waals surface area contributed by atoms with Crippen molar-refractivity contribution >= 4 is 11.9 Å². The quantitative estimate of drug-likeness (QED) is 0.547. The Morgan fingerprint density at radius 3 is 2.29 bits per heavy atom. The van der Waals surface area contributed by atoms with Crippen LogP contribution in [0.1, 0.15) is 26.2 Å². The number of carbonyl (C=O) groups is 2. The lowest BCUT2D eigenvalue weighted by Gasteiger charge is -2.30. The summed E-state index contributed by atoms with van der Waals surface area (Å²) in [6.45, 7) is 1.29. The smallest absolute Gasteiger partial charge is 0.319 e. The highest BCUT2D eigenvalue weighted by atomic mass is 16.4. The summed E-state index contributed by atoms with van der Waals surface area (Å²) in [5.41, 5.74) is 3.44. The minimum absolute atomic E-state index is 0.535. The second-order valence-electron chi connectivity index (χ2n) is 3.98. The zero-order valence-corrected chi connectivity index (χ0v) is 8.06. The second kappa shape index (κ2) is 3.57. The van der Waals surface area contributed by atoms with Crippen molar-refractivity contribution in [1.29, 1.82) is 0 Å². The largest absolute Gasteiger partial charge is 0.480 e. The van der Waals surface area contributed by atoms with Crippen molar-refractivity contribution in [2.24, 2.45) is 17.1 Å². The van der Waals surface area contributed by atoms with Gasteiger partial charge in [-0.3, -0.25) is 9.59 Å². The van der Waals surface area contributed by atoms with Crippen LogP contribution < -0.4 is 5.73 Å².